The Morgan fingerprint density at radius 2 is 2.03 bits per heavy atom. The highest BCUT2D eigenvalue weighted by Crippen LogP contribution is 2.29. The number of rotatable bonds is 6. The Kier molecular flexibility index (Phi) is 9.86. The van der Waals surface area contributed by atoms with E-state index in [9.17, 15) is 14.7 Å². The van der Waals surface area contributed by atoms with Gasteiger partial charge in [0, 0.05) is 34.7 Å². The van der Waals surface area contributed by atoms with Gasteiger partial charge in [0.05, 0.1) is 11.7 Å². The van der Waals surface area contributed by atoms with Gasteiger partial charge in [-0.2, -0.15) is 0 Å². The monoisotopic (exact) mass is 468 g/mol. The first kappa shape index (κ1) is 24.7. The summed E-state index contributed by atoms with van der Waals surface area (Å²) in [5, 5.41) is 26.2. The first-order valence-corrected chi connectivity index (χ1v) is 10.8. The number of aryl methyl sites for hydroxylation is 1. The Balaban J connectivity index is 0.00000107. The van der Waals surface area contributed by atoms with Crippen LogP contribution in [0, 0.1) is 6.92 Å². The number of hydrogen-bond acceptors (Lipinski definition) is 7. The Morgan fingerprint density at radius 1 is 1.35 bits per heavy atom. The highest BCUT2D eigenvalue weighted by atomic mass is 35.5. The number of thiazole rings is 1. The van der Waals surface area contributed by atoms with Gasteiger partial charge < -0.3 is 26.2 Å². The zero-order chi connectivity index (χ0) is 22.8. The molecule has 0 aliphatic carbocycles. The Bertz CT molecular complexity index is 884. The van der Waals surface area contributed by atoms with E-state index in [-0.39, 0.29) is 19.1 Å². The van der Waals surface area contributed by atoms with E-state index in [0.29, 0.717) is 17.1 Å². The second-order valence-electron chi connectivity index (χ2n) is 6.75. The maximum Gasteiger partial charge on any atom is 0.313 e. The van der Waals surface area contributed by atoms with Crippen molar-refractivity contribution < 1.29 is 24.6 Å². The van der Waals surface area contributed by atoms with Crippen molar-refractivity contribution in [2.24, 2.45) is 0 Å². The van der Waals surface area contributed by atoms with E-state index in [2.05, 4.69) is 20.9 Å². The molecular weight excluding hydrogens is 444 g/mol. The highest BCUT2D eigenvalue weighted by Gasteiger charge is 2.32. The summed E-state index contributed by atoms with van der Waals surface area (Å²) < 4.78 is 0. The topological polar surface area (TPSA) is 141 Å². The number of aliphatic hydroxyl groups is 1. The average Bonchev–Trinajstić information content (AvgIpc) is 3.39. The number of amides is 2. The highest BCUT2D eigenvalue weighted by molar-refractivity contribution is 7.11. The van der Waals surface area contributed by atoms with Crippen molar-refractivity contribution in [3.05, 3.63) is 44.9 Å². The van der Waals surface area contributed by atoms with Gasteiger partial charge in [-0.3, -0.25) is 14.4 Å². The zero-order valence-corrected chi connectivity index (χ0v) is 18.5. The molecule has 2 atom stereocenters. The van der Waals surface area contributed by atoms with Gasteiger partial charge >= 0.3 is 11.8 Å². The fourth-order valence-electron chi connectivity index (χ4n) is 3.18. The number of carboxylic acid groups (broad SMARTS) is 1. The van der Waals surface area contributed by atoms with Crippen molar-refractivity contribution in [2.75, 3.05) is 18.5 Å². The van der Waals surface area contributed by atoms with E-state index in [4.69, 9.17) is 21.5 Å². The predicted molar refractivity (Wildman–Crippen MR) is 118 cm³/mol. The molecular formula is C20H25ClN4O5S. The number of anilines is 1. The molecule has 2 unspecified atom stereocenters. The lowest BCUT2D eigenvalue weighted by Crippen LogP contribution is -2.44. The first-order chi connectivity index (χ1) is 14.9. The number of hydrogen-bond donors (Lipinski definition) is 5. The predicted octanol–water partition coefficient (Wildman–Crippen LogP) is 1.89. The minimum Gasteiger partial charge on any atom is -0.483 e. The van der Waals surface area contributed by atoms with Crippen LogP contribution in [-0.2, 0) is 20.8 Å². The van der Waals surface area contributed by atoms with Crippen LogP contribution in [-0.4, -0.2) is 52.7 Å². The summed E-state index contributed by atoms with van der Waals surface area (Å²) in [6, 6.07) is 6.16. The van der Waals surface area contributed by atoms with E-state index in [0.717, 1.165) is 35.0 Å². The van der Waals surface area contributed by atoms with Crippen LogP contribution in [0.5, 0.6) is 0 Å². The number of aliphatic hydroxyl groups excluding tert-OH is 1. The maximum absolute atomic E-state index is 12.5. The molecule has 1 aromatic carbocycles. The van der Waals surface area contributed by atoms with Crippen LogP contribution in [0.1, 0.15) is 34.5 Å². The Hall–Kier alpha value is -2.53. The van der Waals surface area contributed by atoms with Gasteiger partial charge in [-0.1, -0.05) is 11.6 Å². The molecule has 0 bridgehead atoms. The van der Waals surface area contributed by atoms with Crippen LogP contribution < -0.4 is 16.0 Å². The molecule has 0 saturated carbocycles. The van der Waals surface area contributed by atoms with Crippen LogP contribution in [0.25, 0.3) is 0 Å². The largest absolute Gasteiger partial charge is 0.483 e. The molecule has 1 aromatic heterocycles. The normalized spacial score (nSPS) is 16.0. The van der Waals surface area contributed by atoms with Crippen LogP contribution in [0.15, 0.2) is 24.3 Å². The molecule has 11 heteroatoms. The minimum absolute atomic E-state index is 0.0137. The number of nitrogens with one attached hydrogen (secondary N) is 3. The molecule has 2 heterocycles. The molecule has 1 saturated heterocycles. The Labute approximate surface area is 188 Å². The third-order valence-corrected chi connectivity index (χ3v) is 6.16. The lowest BCUT2D eigenvalue weighted by Gasteiger charge is -2.23. The smallest absolute Gasteiger partial charge is 0.313 e. The molecule has 1 fully saturated rings. The molecule has 1 aliphatic heterocycles. The molecule has 9 nitrogen and oxygen atoms in total. The molecule has 0 spiro atoms. The van der Waals surface area contributed by atoms with E-state index in [1.165, 1.54) is 11.3 Å². The molecule has 0 radical (unpaired) electrons. The van der Waals surface area contributed by atoms with E-state index < -0.39 is 17.9 Å². The molecule has 2 aromatic rings. The number of halogens is 1. The lowest BCUT2D eigenvalue weighted by molar-refractivity contribution is -0.136. The first-order valence-electron chi connectivity index (χ1n) is 9.65. The lowest BCUT2D eigenvalue weighted by atomic mass is 10.1. The Morgan fingerprint density at radius 3 is 2.61 bits per heavy atom. The molecule has 5 N–H and O–H groups in total. The van der Waals surface area contributed by atoms with Crippen molar-refractivity contribution in [3.63, 3.8) is 0 Å². The molecule has 168 valence electrons. The molecule has 2 amide bonds. The van der Waals surface area contributed by atoms with Crippen molar-refractivity contribution in [3.8, 4) is 0 Å². The fraction of sp³-hybridized carbons (Fsp3) is 0.400. The number of benzene rings is 1. The number of carbonyl (C=O) groups excluding carboxylic acids is 2. The average molecular weight is 469 g/mol. The van der Waals surface area contributed by atoms with Gasteiger partial charge in [0.1, 0.15) is 5.01 Å². The minimum atomic E-state index is -0.742. The summed E-state index contributed by atoms with van der Waals surface area (Å²) in [7, 11) is 0. The summed E-state index contributed by atoms with van der Waals surface area (Å²) in [6.45, 7) is 2.55. The van der Waals surface area contributed by atoms with Gasteiger partial charge in [-0.25, -0.2) is 4.98 Å². The summed E-state index contributed by atoms with van der Waals surface area (Å²) in [5.74, 6) is -1.46. The van der Waals surface area contributed by atoms with Crippen LogP contribution in [0.4, 0.5) is 5.69 Å². The molecule has 1 aliphatic rings. The zero-order valence-electron chi connectivity index (χ0n) is 16.9. The van der Waals surface area contributed by atoms with Crippen LogP contribution in [0.2, 0.25) is 5.02 Å². The summed E-state index contributed by atoms with van der Waals surface area (Å²) in [4.78, 5) is 38.8. The fourth-order valence-corrected chi connectivity index (χ4v) is 4.47. The third-order valence-electron chi connectivity index (χ3n) is 4.61. The number of nitrogens with zero attached hydrogens (tertiary/aromatic N) is 1. The second-order valence-corrected chi connectivity index (χ2v) is 8.31. The standard InChI is InChI=1S/C19H23ClN4O3S.CH2O2/c1-11-15(8-10-25)28-19(22-11)16(14-3-2-9-21-14)24-18(27)17(26)23-13-6-4-12(20)5-7-13;2-1-3/h4-7,14,16,21,25H,2-3,8-10H2,1H3,(H,23,26)(H,24,27);1H,(H,2,3). The van der Waals surface area contributed by atoms with E-state index in [1.807, 2.05) is 6.92 Å². The van der Waals surface area contributed by atoms with Gasteiger partial charge in [-0.05, 0) is 50.6 Å². The van der Waals surface area contributed by atoms with Crippen LogP contribution >= 0.6 is 22.9 Å². The van der Waals surface area contributed by atoms with Gasteiger partial charge in [0.2, 0.25) is 0 Å². The van der Waals surface area contributed by atoms with Crippen molar-refractivity contribution in [2.45, 2.75) is 38.3 Å². The van der Waals surface area contributed by atoms with Crippen molar-refractivity contribution >= 4 is 46.9 Å². The third kappa shape index (κ3) is 7.28. The summed E-state index contributed by atoms with van der Waals surface area (Å²) in [6.07, 6.45) is 2.42. The number of aromatic nitrogens is 1. The van der Waals surface area contributed by atoms with Gasteiger partial charge in [0.15, 0.2) is 0 Å². The van der Waals surface area contributed by atoms with Crippen molar-refractivity contribution in [1.29, 1.82) is 0 Å². The van der Waals surface area contributed by atoms with Gasteiger partial charge in [0.25, 0.3) is 6.47 Å². The summed E-state index contributed by atoms with van der Waals surface area (Å²) in [5.41, 5.74) is 1.34. The molecule has 31 heavy (non-hydrogen) atoms. The van der Waals surface area contributed by atoms with E-state index >= 15 is 0 Å². The van der Waals surface area contributed by atoms with Gasteiger partial charge in [-0.15, -0.1) is 11.3 Å². The van der Waals surface area contributed by atoms with Crippen LogP contribution in [0.3, 0.4) is 0 Å². The second kappa shape index (κ2) is 12.4. The number of carbonyl (C=O) groups is 3. The van der Waals surface area contributed by atoms with Crippen molar-refractivity contribution in [1.82, 2.24) is 15.6 Å². The maximum atomic E-state index is 12.5. The molecule has 3 rings (SSSR count). The SMILES string of the molecule is Cc1nc(C(NC(=O)C(=O)Nc2ccc(Cl)cc2)C2CCCN2)sc1CCO.O=CO. The van der Waals surface area contributed by atoms with E-state index in [1.54, 1.807) is 24.3 Å². The quantitative estimate of drug-likeness (QED) is 0.322. The summed E-state index contributed by atoms with van der Waals surface area (Å²) >= 11 is 7.30.